The molecule has 0 bridgehead atoms. The van der Waals surface area contributed by atoms with E-state index in [4.69, 9.17) is 22.3 Å². The van der Waals surface area contributed by atoms with Crippen LogP contribution in [0.3, 0.4) is 0 Å². The Morgan fingerprint density at radius 3 is 2.31 bits per heavy atom. The largest absolute Gasteiger partial charge is 0.384 e. The van der Waals surface area contributed by atoms with Crippen molar-refractivity contribution in [3.8, 4) is 0 Å². The molecule has 1 fully saturated rings. The fourth-order valence-electron chi connectivity index (χ4n) is 4.03. The van der Waals surface area contributed by atoms with E-state index in [0.717, 1.165) is 60.8 Å². The van der Waals surface area contributed by atoms with Crippen LogP contribution in [0.25, 0.3) is 0 Å². The summed E-state index contributed by atoms with van der Waals surface area (Å²) in [5, 5.41) is 15.3. The van der Waals surface area contributed by atoms with E-state index in [9.17, 15) is 4.79 Å². The van der Waals surface area contributed by atoms with Crippen LogP contribution in [0.2, 0.25) is 0 Å². The molecule has 0 aromatic carbocycles. The minimum atomic E-state index is 0.0733. The Kier molecular flexibility index (Phi) is 6.65. The Balaban J connectivity index is 1.86. The Hall–Kier alpha value is -3.15. The van der Waals surface area contributed by atoms with Gasteiger partial charge in [-0.15, -0.1) is 0 Å². The number of amidine groups is 2. The molecule has 1 saturated heterocycles. The highest BCUT2D eigenvalue weighted by Crippen LogP contribution is 2.30. The van der Waals surface area contributed by atoms with Gasteiger partial charge < -0.3 is 21.2 Å². The van der Waals surface area contributed by atoms with Crippen LogP contribution in [0, 0.1) is 16.7 Å². The molecule has 6 heteroatoms. The maximum absolute atomic E-state index is 11.0. The number of nitrogens with zero attached hydrogens (tertiary/aromatic N) is 1. The zero-order valence-corrected chi connectivity index (χ0v) is 16.6. The van der Waals surface area contributed by atoms with Gasteiger partial charge in [0.2, 0.25) is 0 Å². The van der Waals surface area contributed by atoms with Crippen LogP contribution in [-0.4, -0.2) is 35.4 Å². The zero-order valence-electron chi connectivity index (χ0n) is 16.6. The molecule has 1 aliphatic heterocycles. The smallest absolute Gasteiger partial charge is 0.122 e. The van der Waals surface area contributed by atoms with Gasteiger partial charge in [-0.3, -0.25) is 10.8 Å². The molecular formula is C23H29N5O. The lowest BCUT2D eigenvalue weighted by Gasteiger charge is -2.38. The van der Waals surface area contributed by atoms with Crippen LogP contribution in [0.4, 0.5) is 0 Å². The third-order valence-corrected chi connectivity index (χ3v) is 5.57. The molecule has 3 rings (SSSR count). The maximum atomic E-state index is 11.0. The van der Waals surface area contributed by atoms with Crippen LogP contribution in [0.5, 0.6) is 0 Å². The lowest BCUT2D eigenvalue weighted by atomic mass is 9.87. The van der Waals surface area contributed by atoms with Crippen LogP contribution < -0.4 is 11.5 Å². The van der Waals surface area contributed by atoms with Crippen molar-refractivity contribution in [2.75, 3.05) is 6.54 Å². The predicted molar refractivity (Wildman–Crippen MR) is 118 cm³/mol. The molecule has 0 aromatic heterocycles. The predicted octanol–water partition coefficient (Wildman–Crippen LogP) is 3.11. The topological polar surface area (TPSA) is 120 Å². The van der Waals surface area contributed by atoms with Crippen molar-refractivity contribution in [3.63, 3.8) is 0 Å². The number of likely N-dealkylation sites (tertiary alicyclic amines) is 1. The summed E-state index contributed by atoms with van der Waals surface area (Å²) >= 11 is 0. The van der Waals surface area contributed by atoms with Crippen molar-refractivity contribution in [1.29, 1.82) is 10.8 Å². The van der Waals surface area contributed by atoms with Crippen LogP contribution in [-0.2, 0) is 4.79 Å². The van der Waals surface area contributed by atoms with E-state index in [1.807, 2.05) is 36.5 Å². The first-order chi connectivity index (χ1) is 14.0. The Labute approximate surface area is 172 Å². The van der Waals surface area contributed by atoms with Gasteiger partial charge in [-0.1, -0.05) is 30.4 Å². The molecule has 6 nitrogen and oxygen atoms in total. The summed E-state index contributed by atoms with van der Waals surface area (Å²) in [7, 11) is 0. The highest BCUT2D eigenvalue weighted by atomic mass is 16.1. The molecule has 3 aliphatic rings. The summed E-state index contributed by atoms with van der Waals surface area (Å²) in [5.74, 6) is 0.532. The van der Waals surface area contributed by atoms with E-state index in [1.54, 1.807) is 0 Å². The van der Waals surface area contributed by atoms with Gasteiger partial charge in [0, 0.05) is 36.4 Å². The van der Waals surface area contributed by atoms with Gasteiger partial charge in [-0.25, -0.2) is 0 Å². The molecule has 29 heavy (non-hydrogen) atoms. The Bertz CT molecular complexity index is 872. The van der Waals surface area contributed by atoms with Crippen molar-refractivity contribution in [2.45, 2.75) is 38.1 Å². The first-order valence-corrected chi connectivity index (χ1v) is 10.0. The van der Waals surface area contributed by atoms with Crippen molar-refractivity contribution in [3.05, 3.63) is 71.0 Å². The molecule has 2 unspecified atom stereocenters. The van der Waals surface area contributed by atoms with Gasteiger partial charge in [-0.05, 0) is 54.9 Å². The minimum Gasteiger partial charge on any atom is -0.384 e. The molecule has 2 aliphatic carbocycles. The second-order valence-corrected chi connectivity index (χ2v) is 7.78. The number of rotatable bonds is 6. The van der Waals surface area contributed by atoms with Crippen molar-refractivity contribution >= 4 is 18.0 Å². The van der Waals surface area contributed by atoms with Crippen LogP contribution >= 0.6 is 0 Å². The quantitative estimate of drug-likeness (QED) is 0.316. The van der Waals surface area contributed by atoms with E-state index in [2.05, 4.69) is 17.2 Å². The van der Waals surface area contributed by atoms with Crippen LogP contribution in [0.1, 0.15) is 32.1 Å². The number of carbonyl (C=O) groups excluding carboxylic acids is 1. The van der Waals surface area contributed by atoms with Crippen molar-refractivity contribution < 1.29 is 4.79 Å². The Morgan fingerprint density at radius 1 is 1.07 bits per heavy atom. The lowest BCUT2D eigenvalue weighted by Crippen LogP contribution is -2.38. The fraction of sp³-hybridized carbons (Fsp3) is 0.348. The van der Waals surface area contributed by atoms with E-state index >= 15 is 0 Å². The zero-order chi connectivity index (χ0) is 20.8. The second-order valence-electron chi connectivity index (χ2n) is 7.78. The van der Waals surface area contributed by atoms with Gasteiger partial charge in [-0.2, -0.15) is 0 Å². The molecule has 1 heterocycles. The third-order valence-electron chi connectivity index (χ3n) is 5.57. The average molecular weight is 392 g/mol. The highest BCUT2D eigenvalue weighted by Gasteiger charge is 2.26. The van der Waals surface area contributed by atoms with Gasteiger partial charge in [0.15, 0.2) is 0 Å². The molecule has 0 spiro atoms. The van der Waals surface area contributed by atoms with Gasteiger partial charge in [0.1, 0.15) is 18.0 Å². The summed E-state index contributed by atoms with van der Waals surface area (Å²) in [4.78, 5) is 13.4. The minimum absolute atomic E-state index is 0.0733. The van der Waals surface area contributed by atoms with Gasteiger partial charge >= 0.3 is 0 Å². The first-order valence-electron chi connectivity index (χ1n) is 10.0. The molecule has 0 saturated carbocycles. The van der Waals surface area contributed by atoms with E-state index in [1.165, 1.54) is 0 Å². The number of aldehydes is 1. The molecular weight excluding hydrogens is 362 g/mol. The maximum Gasteiger partial charge on any atom is 0.122 e. The number of nitrogens with two attached hydrogens (primary N) is 2. The van der Waals surface area contributed by atoms with Gasteiger partial charge in [0.25, 0.3) is 0 Å². The average Bonchev–Trinajstić information content (AvgIpc) is 2.70. The number of piperidine rings is 1. The Morgan fingerprint density at radius 2 is 1.69 bits per heavy atom. The summed E-state index contributed by atoms with van der Waals surface area (Å²) < 4.78 is 0. The molecule has 2 atom stereocenters. The molecule has 0 radical (unpaired) electrons. The van der Waals surface area contributed by atoms with Crippen molar-refractivity contribution in [1.82, 2.24) is 4.90 Å². The highest BCUT2D eigenvalue weighted by molar-refractivity contribution is 5.98. The standard InChI is InChI=1S/C23H29N5O/c24-22(25)19-5-1-3-17(11-19)14-21-13-16(8-10-29)7-9-28(21)15-18-4-2-6-20(12-18)23(26)27/h1-2,5-6,10-12,14-16,21H,3-4,7-9,13H2,(H3,24,25)(H3,26,27)/b17-14-,18-15-. The second kappa shape index (κ2) is 9.37. The number of carbonyl (C=O) groups is 1. The van der Waals surface area contributed by atoms with Gasteiger partial charge in [0.05, 0.1) is 0 Å². The SMILES string of the molecule is N=C(N)C1=C/C(=C\C2CC(CC=O)CCN2/C=C2\C=C(C(=N)N)C=CC2)CC=C1. The van der Waals surface area contributed by atoms with E-state index in [-0.39, 0.29) is 17.7 Å². The monoisotopic (exact) mass is 391 g/mol. The summed E-state index contributed by atoms with van der Waals surface area (Å²) in [5.41, 5.74) is 15.0. The number of allylic oxidation sites excluding steroid dienone is 6. The fourth-order valence-corrected chi connectivity index (χ4v) is 4.03. The normalized spacial score (nSPS) is 27.0. The molecule has 0 aromatic rings. The molecule has 6 N–H and O–H groups in total. The number of nitrogens with one attached hydrogen (secondary N) is 2. The van der Waals surface area contributed by atoms with E-state index < -0.39 is 0 Å². The first kappa shape index (κ1) is 20.6. The van der Waals surface area contributed by atoms with Crippen molar-refractivity contribution in [2.24, 2.45) is 17.4 Å². The number of hydrogen-bond acceptors (Lipinski definition) is 4. The summed E-state index contributed by atoms with van der Waals surface area (Å²) in [6, 6.07) is 0.173. The van der Waals surface area contributed by atoms with E-state index in [0.29, 0.717) is 12.3 Å². The van der Waals surface area contributed by atoms with Crippen LogP contribution in [0.15, 0.2) is 71.0 Å². The molecule has 0 amide bonds. The third kappa shape index (κ3) is 5.44. The lowest BCUT2D eigenvalue weighted by molar-refractivity contribution is -0.108. The summed E-state index contributed by atoms with van der Waals surface area (Å²) in [6.07, 6.45) is 21.3. The summed E-state index contributed by atoms with van der Waals surface area (Å²) in [6.45, 7) is 0.878. The number of hydrogen-bond donors (Lipinski definition) is 4. The molecule has 152 valence electrons.